The lowest BCUT2D eigenvalue weighted by Gasteiger charge is -2.25. The van der Waals surface area contributed by atoms with Crippen LogP contribution in [0.2, 0.25) is 0 Å². The fourth-order valence-corrected chi connectivity index (χ4v) is 3.81. The number of fused-ring (bicyclic) bond motifs is 1. The van der Waals surface area contributed by atoms with Gasteiger partial charge in [-0.05, 0) is 49.3 Å². The minimum Gasteiger partial charge on any atom is -0.313 e. The van der Waals surface area contributed by atoms with Crippen LogP contribution < -0.4 is 5.32 Å². The number of sulfone groups is 1. The maximum atomic E-state index is 11.4. The van der Waals surface area contributed by atoms with Crippen molar-refractivity contribution in [2.24, 2.45) is 0 Å². The van der Waals surface area contributed by atoms with Crippen LogP contribution in [0.3, 0.4) is 0 Å². The Kier molecular flexibility index (Phi) is 5.22. The molecule has 0 saturated heterocycles. The third kappa shape index (κ3) is 4.06. The molecule has 0 spiro atoms. The summed E-state index contributed by atoms with van der Waals surface area (Å²) in [6, 6.07) is 8.85. The highest BCUT2D eigenvalue weighted by molar-refractivity contribution is 7.90. The number of aryl methyl sites for hydroxylation is 1. The third-order valence-corrected chi connectivity index (χ3v) is 5.10. The number of nitrogens with one attached hydrogen (secondary N) is 1. The van der Waals surface area contributed by atoms with Crippen molar-refractivity contribution in [3.8, 4) is 0 Å². The summed E-state index contributed by atoms with van der Waals surface area (Å²) in [7, 11) is -2.89. The van der Waals surface area contributed by atoms with Gasteiger partial charge < -0.3 is 5.32 Å². The highest BCUT2D eigenvalue weighted by Gasteiger charge is 2.29. The molecule has 0 heterocycles. The quantitative estimate of drug-likeness (QED) is 0.841. The second kappa shape index (κ2) is 6.72. The zero-order valence-corrected chi connectivity index (χ0v) is 13.2. The van der Waals surface area contributed by atoms with Crippen LogP contribution in [-0.2, 0) is 16.3 Å². The van der Waals surface area contributed by atoms with Crippen molar-refractivity contribution >= 4 is 9.84 Å². The van der Waals surface area contributed by atoms with E-state index in [1.54, 1.807) is 0 Å². The van der Waals surface area contributed by atoms with Crippen LogP contribution in [0.4, 0.5) is 0 Å². The molecule has 2 rings (SSSR count). The zero-order chi connectivity index (χ0) is 14.6. The van der Waals surface area contributed by atoms with E-state index in [0.717, 1.165) is 25.8 Å². The first-order chi connectivity index (χ1) is 9.51. The Morgan fingerprint density at radius 2 is 2.10 bits per heavy atom. The van der Waals surface area contributed by atoms with E-state index < -0.39 is 9.84 Å². The SMILES string of the molecule is CCCNC(CCS(C)(=O)=O)C1CCc2ccccc21. The Hall–Kier alpha value is -0.870. The van der Waals surface area contributed by atoms with E-state index in [1.807, 2.05) is 0 Å². The number of hydrogen-bond acceptors (Lipinski definition) is 3. The predicted molar refractivity (Wildman–Crippen MR) is 83.9 cm³/mol. The largest absolute Gasteiger partial charge is 0.313 e. The summed E-state index contributed by atoms with van der Waals surface area (Å²) in [4.78, 5) is 0. The minimum atomic E-state index is -2.89. The van der Waals surface area contributed by atoms with Crippen LogP contribution in [-0.4, -0.2) is 33.0 Å². The van der Waals surface area contributed by atoms with Gasteiger partial charge in [-0.2, -0.15) is 0 Å². The van der Waals surface area contributed by atoms with Gasteiger partial charge in [-0.3, -0.25) is 0 Å². The van der Waals surface area contributed by atoms with Gasteiger partial charge in [-0.1, -0.05) is 31.2 Å². The molecule has 112 valence electrons. The first kappa shape index (κ1) is 15.5. The van der Waals surface area contributed by atoms with Gasteiger partial charge in [0.15, 0.2) is 0 Å². The molecule has 4 heteroatoms. The van der Waals surface area contributed by atoms with Gasteiger partial charge in [-0.15, -0.1) is 0 Å². The van der Waals surface area contributed by atoms with Gasteiger partial charge >= 0.3 is 0 Å². The fraction of sp³-hybridized carbons (Fsp3) is 0.625. The fourth-order valence-electron chi connectivity index (χ4n) is 3.12. The van der Waals surface area contributed by atoms with Crippen molar-refractivity contribution < 1.29 is 8.42 Å². The van der Waals surface area contributed by atoms with E-state index in [2.05, 4.69) is 36.5 Å². The van der Waals surface area contributed by atoms with E-state index in [1.165, 1.54) is 17.4 Å². The van der Waals surface area contributed by atoms with Gasteiger partial charge in [0.1, 0.15) is 9.84 Å². The van der Waals surface area contributed by atoms with Crippen LogP contribution in [0.5, 0.6) is 0 Å². The molecule has 0 aromatic heterocycles. The molecule has 1 aliphatic rings. The number of benzene rings is 1. The Labute approximate surface area is 122 Å². The van der Waals surface area contributed by atoms with Crippen molar-refractivity contribution in [1.82, 2.24) is 5.32 Å². The molecule has 3 nitrogen and oxygen atoms in total. The van der Waals surface area contributed by atoms with Crippen molar-refractivity contribution in [2.75, 3.05) is 18.6 Å². The summed E-state index contributed by atoms with van der Waals surface area (Å²) in [5.41, 5.74) is 2.84. The first-order valence-electron chi connectivity index (χ1n) is 7.50. The Balaban J connectivity index is 2.11. The molecule has 0 saturated carbocycles. The molecule has 0 fully saturated rings. The summed E-state index contributed by atoms with van der Waals surface area (Å²) in [5.74, 6) is 0.729. The number of hydrogen-bond donors (Lipinski definition) is 1. The van der Waals surface area contributed by atoms with Gasteiger partial charge in [0.25, 0.3) is 0 Å². The van der Waals surface area contributed by atoms with Crippen LogP contribution in [0.15, 0.2) is 24.3 Å². The predicted octanol–water partition coefficient (Wildman–Crippen LogP) is 2.52. The van der Waals surface area contributed by atoms with Crippen molar-refractivity contribution in [2.45, 2.75) is 44.6 Å². The Morgan fingerprint density at radius 1 is 1.35 bits per heavy atom. The molecule has 20 heavy (non-hydrogen) atoms. The second-order valence-electron chi connectivity index (χ2n) is 5.82. The van der Waals surface area contributed by atoms with E-state index in [4.69, 9.17) is 0 Å². The summed E-state index contributed by atoms with van der Waals surface area (Å²) in [6.45, 7) is 3.09. The van der Waals surface area contributed by atoms with Crippen LogP contribution in [0.25, 0.3) is 0 Å². The molecule has 0 aliphatic heterocycles. The molecule has 1 aromatic carbocycles. The maximum absolute atomic E-state index is 11.4. The van der Waals surface area contributed by atoms with Gasteiger partial charge in [0, 0.05) is 12.3 Å². The topological polar surface area (TPSA) is 46.2 Å². The van der Waals surface area contributed by atoms with Crippen LogP contribution in [0, 0.1) is 0 Å². The molecule has 1 N–H and O–H groups in total. The molecule has 2 atom stereocenters. The monoisotopic (exact) mass is 295 g/mol. The summed E-state index contributed by atoms with van der Waals surface area (Å²) in [5, 5.41) is 3.56. The average Bonchev–Trinajstić information content (AvgIpc) is 2.82. The highest BCUT2D eigenvalue weighted by atomic mass is 32.2. The van der Waals surface area contributed by atoms with E-state index in [0.29, 0.717) is 12.3 Å². The van der Waals surface area contributed by atoms with E-state index >= 15 is 0 Å². The molecule has 0 radical (unpaired) electrons. The number of rotatable bonds is 7. The van der Waals surface area contributed by atoms with Crippen LogP contribution in [0.1, 0.15) is 43.2 Å². The summed E-state index contributed by atoms with van der Waals surface area (Å²) < 4.78 is 22.9. The molecule has 0 amide bonds. The van der Waals surface area contributed by atoms with E-state index in [9.17, 15) is 8.42 Å². The summed E-state index contributed by atoms with van der Waals surface area (Å²) >= 11 is 0. The second-order valence-corrected chi connectivity index (χ2v) is 8.08. The zero-order valence-electron chi connectivity index (χ0n) is 12.4. The smallest absolute Gasteiger partial charge is 0.147 e. The van der Waals surface area contributed by atoms with Gasteiger partial charge in [0.05, 0.1) is 5.75 Å². The normalized spacial score (nSPS) is 19.8. The highest BCUT2D eigenvalue weighted by Crippen LogP contribution is 2.36. The van der Waals surface area contributed by atoms with Crippen LogP contribution >= 0.6 is 0 Å². The van der Waals surface area contributed by atoms with Crippen molar-refractivity contribution in [3.63, 3.8) is 0 Å². The third-order valence-electron chi connectivity index (χ3n) is 4.12. The lowest BCUT2D eigenvalue weighted by atomic mass is 9.91. The van der Waals surface area contributed by atoms with Gasteiger partial charge in [0.2, 0.25) is 0 Å². The average molecular weight is 295 g/mol. The lowest BCUT2D eigenvalue weighted by molar-refractivity contribution is 0.417. The molecular weight excluding hydrogens is 270 g/mol. The minimum absolute atomic E-state index is 0.271. The Morgan fingerprint density at radius 3 is 2.80 bits per heavy atom. The molecule has 2 unspecified atom stereocenters. The standard InChI is InChI=1S/C16H25NO2S/c1-3-11-17-16(10-12-20(2,18)19)15-9-8-13-6-4-5-7-14(13)15/h4-7,15-17H,3,8-12H2,1-2H3. The summed E-state index contributed by atoms with van der Waals surface area (Å²) in [6.07, 6.45) is 5.35. The Bertz CT molecular complexity index is 539. The molecule has 1 aliphatic carbocycles. The van der Waals surface area contributed by atoms with Crippen molar-refractivity contribution in [3.05, 3.63) is 35.4 Å². The molecule has 0 bridgehead atoms. The van der Waals surface area contributed by atoms with E-state index in [-0.39, 0.29) is 11.8 Å². The molecule has 1 aromatic rings. The van der Waals surface area contributed by atoms with Crippen molar-refractivity contribution in [1.29, 1.82) is 0 Å². The van der Waals surface area contributed by atoms with Gasteiger partial charge in [-0.25, -0.2) is 8.42 Å². The maximum Gasteiger partial charge on any atom is 0.147 e. The molecular formula is C16H25NO2S. The first-order valence-corrected chi connectivity index (χ1v) is 9.56. The lowest BCUT2D eigenvalue weighted by Crippen LogP contribution is -2.36.